The number of nitrogens with one attached hydrogen (secondary N) is 2. The molecule has 1 aromatic carbocycles. The number of aryl methyl sites for hydroxylation is 1. The maximum absolute atomic E-state index is 13.5. The number of pyridine rings is 1. The molecule has 1 fully saturated rings. The fourth-order valence-corrected chi connectivity index (χ4v) is 5.03. The second kappa shape index (κ2) is 10.2. The lowest BCUT2D eigenvalue weighted by molar-refractivity contribution is -0.141. The fourth-order valence-electron chi connectivity index (χ4n) is 3.72. The van der Waals surface area contributed by atoms with Crippen molar-refractivity contribution in [1.29, 1.82) is 0 Å². The van der Waals surface area contributed by atoms with Gasteiger partial charge in [-0.25, -0.2) is 4.68 Å². The standard InChI is InChI=1S/C23H19Cl2F3IN5O2/c1-10-5-13(29)6-14(21(35)31-11(2)12-3-4-12)19(10)32-22(36)17-7-18(23(26,27)28)33-34(17)20-15(24)8-30-9-16(20)25/h5-9,11-12H,3-4H2,1-2H3,(H,31,35)(H,32,36). The van der Waals surface area contributed by atoms with Gasteiger partial charge in [0.2, 0.25) is 0 Å². The van der Waals surface area contributed by atoms with Crippen molar-refractivity contribution in [2.75, 3.05) is 5.32 Å². The molecule has 2 N–H and O–H groups in total. The highest BCUT2D eigenvalue weighted by molar-refractivity contribution is 14.1. The molecular weight excluding hydrogens is 633 g/mol. The summed E-state index contributed by atoms with van der Waals surface area (Å²) in [5.41, 5.74) is -0.997. The SMILES string of the molecule is Cc1cc(I)cc(C(=O)NC(C)C2CC2)c1NC(=O)c1cc(C(F)(F)F)nn1-c1c(Cl)cncc1Cl. The molecule has 0 radical (unpaired) electrons. The van der Waals surface area contributed by atoms with Gasteiger partial charge < -0.3 is 10.6 Å². The summed E-state index contributed by atoms with van der Waals surface area (Å²) in [7, 11) is 0. The first-order chi connectivity index (χ1) is 16.9. The van der Waals surface area contributed by atoms with Crippen LogP contribution in [-0.2, 0) is 6.18 Å². The van der Waals surface area contributed by atoms with Crippen molar-refractivity contribution >= 4 is 63.3 Å². The molecule has 36 heavy (non-hydrogen) atoms. The molecule has 13 heteroatoms. The molecule has 3 aromatic rings. The van der Waals surface area contributed by atoms with Gasteiger partial charge in [-0.05, 0) is 72.9 Å². The molecule has 1 aliphatic rings. The molecule has 2 amide bonds. The minimum Gasteiger partial charge on any atom is -0.349 e. The Morgan fingerprint density at radius 2 is 1.78 bits per heavy atom. The van der Waals surface area contributed by atoms with Crippen LogP contribution in [0.1, 0.15) is 51.9 Å². The van der Waals surface area contributed by atoms with Crippen molar-refractivity contribution in [3.8, 4) is 5.69 Å². The zero-order valence-electron chi connectivity index (χ0n) is 18.9. The molecule has 1 unspecified atom stereocenters. The number of anilines is 1. The first-order valence-electron chi connectivity index (χ1n) is 10.8. The second-order valence-corrected chi connectivity index (χ2v) is 10.5. The van der Waals surface area contributed by atoms with Crippen LogP contribution in [0.4, 0.5) is 18.9 Å². The molecular formula is C23H19Cl2F3IN5O2. The quantitative estimate of drug-likeness (QED) is 0.307. The highest BCUT2D eigenvalue weighted by Gasteiger charge is 2.37. The number of aromatic nitrogens is 3. The molecule has 2 aromatic heterocycles. The average Bonchev–Trinajstić information content (AvgIpc) is 3.53. The minimum atomic E-state index is -4.84. The van der Waals surface area contributed by atoms with Gasteiger partial charge >= 0.3 is 6.18 Å². The van der Waals surface area contributed by atoms with Crippen molar-refractivity contribution in [1.82, 2.24) is 20.1 Å². The van der Waals surface area contributed by atoms with E-state index >= 15 is 0 Å². The Kier molecular flexibility index (Phi) is 7.54. The van der Waals surface area contributed by atoms with Crippen LogP contribution in [0.25, 0.3) is 5.69 Å². The van der Waals surface area contributed by atoms with E-state index in [1.807, 2.05) is 6.92 Å². The first kappa shape index (κ1) is 26.7. The van der Waals surface area contributed by atoms with Crippen LogP contribution in [-0.4, -0.2) is 32.6 Å². The van der Waals surface area contributed by atoms with E-state index in [9.17, 15) is 22.8 Å². The number of hydrogen-bond donors (Lipinski definition) is 2. The van der Waals surface area contributed by atoms with Gasteiger partial charge in [0.25, 0.3) is 11.8 Å². The number of nitrogens with zero attached hydrogens (tertiary/aromatic N) is 3. The molecule has 0 bridgehead atoms. The third-order valence-electron chi connectivity index (χ3n) is 5.74. The number of amides is 2. The maximum atomic E-state index is 13.5. The average molecular weight is 652 g/mol. The Morgan fingerprint density at radius 1 is 1.14 bits per heavy atom. The van der Waals surface area contributed by atoms with Gasteiger partial charge in [0.15, 0.2) is 5.69 Å². The van der Waals surface area contributed by atoms with Crippen LogP contribution < -0.4 is 10.6 Å². The van der Waals surface area contributed by atoms with Gasteiger partial charge in [0.05, 0.1) is 21.3 Å². The largest absolute Gasteiger partial charge is 0.435 e. The lowest BCUT2D eigenvalue weighted by Crippen LogP contribution is -2.35. The predicted octanol–water partition coefficient (Wildman–Crippen LogP) is 6.29. The zero-order valence-corrected chi connectivity index (χ0v) is 22.6. The van der Waals surface area contributed by atoms with Crippen LogP contribution in [0.2, 0.25) is 10.0 Å². The van der Waals surface area contributed by atoms with Gasteiger partial charge in [0.1, 0.15) is 11.4 Å². The van der Waals surface area contributed by atoms with E-state index in [1.54, 1.807) is 19.1 Å². The van der Waals surface area contributed by atoms with Crippen LogP contribution in [0.3, 0.4) is 0 Å². The number of carbonyl (C=O) groups is 2. The van der Waals surface area contributed by atoms with Gasteiger partial charge in [-0.3, -0.25) is 14.6 Å². The van der Waals surface area contributed by atoms with E-state index in [-0.39, 0.29) is 33.0 Å². The molecule has 0 saturated heterocycles. The fraction of sp³-hybridized carbons (Fsp3) is 0.304. The van der Waals surface area contributed by atoms with Gasteiger partial charge in [-0.1, -0.05) is 23.2 Å². The molecule has 0 aliphatic heterocycles. The summed E-state index contributed by atoms with van der Waals surface area (Å²) in [5, 5.41) is 8.88. The van der Waals surface area contributed by atoms with Crippen LogP contribution in [0.5, 0.6) is 0 Å². The van der Waals surface area contributed by atoms with Crippen molar-refractivity contribution in [2.45, 2.75) is 38.9 Å². The van der Waals surface area contributed by atoms with Crippen LogP contribution >= 0.6 is 45.8 Å². The van der Waals surface area contributed by atoms with Crippen molar-refractivity contribution in [3.05, 3.63) is 66.7 Å². The number of carbonyl (C=O) groups excluding carboxylic acids is 2. The summed E-state index contributed by atoms with van der Waals surface area (Å²) < 4.78 is 42.0. The molecule has 7 nitrogen and oxygen atoms in total. The summed E-state index contributed by atoms with van der Waals surface area (Å²) in [6.45, 7) is 3.60. The summed E-state index contributed by atoms with van der Waals surface area (Å²) >= 11 is 14.3. The normalized spacial score (nSPS) is 14.4. The van der Waals surface area contributed by atoms with Crippen molar-refractivity contribution < 1.29 is 22.8 Å². The number of alkyl halides is 3. The molecule has 1 atom stereocenters. The smallest absolute Gasteiger partial charge is 0.349 e. The Balaban J connectivity index is 1.76. The Hall–Kier alpha value is -2.38. The lowest BCUT2D eigenvalue weighted by atomic mass is 10.1. The molecule has 4 rings (SSSR count). The van der Waals surface area contributed by atoms with E-state index in [0.29, 0.717) is 17.5 Å². The van der Waals surface area contributed by atoms with Crippen molar-refractivity contribution in [2.24, 2.45) is 5.92 Å². The third kappa shape index (κ3) is 5.62. The third-order valence-corrected chi connectivity index (χ3v) is 6.92. The molecule has 2 heterocycles. The number of hydrogen-bond acceptors (Lipinski definition) is 4. The highest BCUT2D eigenvalue weighted by Crippen LogP contribution is 2.35. The summed E-state index contributed by atoms with van der Waals surface area (Å²) in [6.07, 6.45) is -0.433. The van der Waals surface area contributed by atoms with E-state index < -0.39 is 29.4 Å². The lowest BCUT2D eigenvalue weighted by Gasteiger charge is -2.18. The topological polar surface area (TPSA) is 88.9 Å². The monoisotopic (exact) mass is 651 g/mol. The number of rotatable bonds is 6. The van der Waals surface area contributed by atoms with E-state index in [2.05, 4.69) is 43.3 Å². The molecule has 1 aliphatic carbocycles. The van der Waals surface area contributed by atoms with E-state index in [1.165, 1.54) is 12.4 Å². The Morgan fingerprint density at radius 3 is 2.36 bits per heavy atom. The summed E-state index contributed by atoms with van der Waals surface area (Å²) in [6, 6.07) is 3.89. The van der Waals surface area contributed by atoms with Gasteiger partial charge in [0, 0.05) is 28.1 Å². The van der Waals surface area contributed by atoms with Gasteiger partial charge in [-0.2, -0.15) is 18.3 Å². The van der Waals surface area contributed by atoms with E-state index in [4.69, 9.17) is 23.2 Å². The Bertz CT molecular complexity index is 1340. The summed E-state index contributed by atoms with van der Waals surface area (Å²) in [4.78, 5) is 30.2. The zero-order chi connectivity index (χ0) is 26.4. The molecule has 0 spiro atoms. The van der Waals surface area contributed by atoms with Crippen molar-refractivity contribution in [3.63, 3.8) is 0 Å². The maximum Gasteiger partial charge on any atom is 0.435 e. The summed E-state index contributed by atoms with van der Waals surface area (Å²) in [5.74, 6) is -0.924. The minimum absolute atomic E-state index is 0.0500. The predicted molar refractivity (Wildman–Crippen MR) is 138 cm³/mol. The molecule has 190 valence electrons. The second-order valence-electron chi connectivity index (χ2n) is 8.48. The Labute approximate surface area is 227 Å². The van der Waals surface area contributed by atoms with Crippen LogP contribution in [0.15, 0.2) is 30.6 Å². The van der Waals surface area contributed by atoms with Gasteiger partial charge in [-0.15, -0.1) is 0 Å². The molecule has 1 saturated carbocycles. The highest BCUT2D eigenvalue weighted by atomic mass is 127. The first-order valence-corrected chi connectivity index (χ1v) is 12.6. The van der Waals surface area contributed by atoms with Crippen LogP contribution in [0, 0.1) is 16.4 Å². The van der Waals surface area contributed by atoms with E-state index in [0.717, 1.165) is 21.1 Å². The number of benzene rings is 1. The number of halogens is 6.